The maximum Gasteiger partial charge on any atom is 0.433 e. The van der Waals surface area contributed by atoms with Crippen LogP contribution < -0.4 is 10.2 Å². The molecule has 2 N–H and O–H groups in total. The summed E-state index contributed by atoms with van der Waals surface area (Å²) in [5.41, 5.74) is -1.00. The van der Waals surface area contributed by atoms with Crippen LogP contribution in [0.25, 0.3) is 0 Å². The predicted molar refractivity (Wildman–Crippen MR) is 89.4 cm³/mol. The Morgan fingerprint density at radius 1 is 1.22 bits per heavy atom. The molecule has 0 saturated heterocycles. The van der Waals surface area contributed by atoms with Crippen LogP contribution in [0.15, 0.2) is 41.4 Å². The molecule has 1 aliphatic heterocycles. The van der Waals surface area contributed by atoms with E-state index in [0.29, 0.717) is 6.07 Å². The van der Waals surface area contributed by atoms with Crippen molar-refractivity contribution < 1.29 is 27.1 Å². The summed E-state index contributed by atoms with van der Waals surface area (Å²) in [6, 6.07) is 7.89. The monoisotopic (exact) mass is 406 g/mol. The Labute approximate surface area is 155 Å². The van der Waals surface area contributed by atoms with Gasteiger partial charge in [0, 0.05) is 0 Å². The van der Waals surface area contributed by atoms with Gasteiger partial charge >= 0.3 is 6.18 Å². The molecule has 3 rings (SSSR count). The number of aliphatic hydroxyl groups is 1. The molecule has 2 heterocycles. The number of amidine groups is 1. The number of nitrogens with zero attached hydrogens (tertiary/aromatic N) is 3. The molecule has 1 aromatic carbocycles. The standard InChI is InChI=1S/C16H12ClF5N4O/c17-9-3-1-2-4-10(9)26-14-8(5-6-11(24-14)16(20,21)22)13(25-15(26)27)23-7-12(18)19/h1-6,12,15,27H,7H2,(H,23,25). The fourth-order valence-electron chi connectivity index (χ4n) is 2.54. The van der Waals surface area contributed by atoms with Crippen molar-refractivity contribution in [2.75, 3.05) is 11.4 Å². The minimum atomic E-state index is -4.74. The zero-order chi connectivity index (χ0) is 19.8. The van der Waals surface area contributed by atoms with Gasteiger partial charge in [-0.05, 0) is 24.3 Å². The highest BCUT2D eigenvalue weighted by molar-refractivity contribution is 6.33. The van der Waals surface area contributed by atoms with E-state index in [9.17, 15) is 27.1 Å². The van der Waals surface area contributed by atoms with E-state index in [1.807, 2.05) is 0 Å². The van der Waals surface area contributed by atoms with Crippen LogP contribution in [-0.4, -0.2) is 35.2 Å². The molecular weight excluding hydrogens is 395 g/mol. The van der Waals surface area contributed by atoms with Gasteiger partial charge in [-0.15, -0.1) is 0 Å². The fraction of sp³-hybridized carbons (Fsp3) is 0.250. The van der Waals surface area contributed by atoms with E-state index in [2.05, 4.69) is 15.3 Å². The summed E-state index contributed by atoms with van der Waals surface area (Å²) in [4.78, 5) is 8.25. The quantitative estimate of drug-likeness (QED) is 0.762. The molecule has 0 fully saturated rings. The molecule has 1 aromatic heterocycles. The van der Waals surface area contributed by atoms with E-state index in [-0.39, 0.29) is 27.9 Å². The summed E-state index contributed by atoms with van der Waals surface area (Å²) in [6.07, 6.45) is -9.12. The molecule has 0 bridgehead atoms. The number of hydrogen-bond donors (Lipinski definition) is 2. The molecule has 0 saturated carbocycles. The van der Waals surface area contributed by atoms with Crippen LogP contribution in [-0.2, 0) is 6.18 Å². The Kier molecular flexibility index (Phi) is 5.20. The van der Waals surface area contributed by atoms with Crippen molar-refractivity contribution >= 4 is 28.9 Å². The zero-order valence-electron chi connectivity index (χ0n) is 13.4. The van der Waals surface area contributed by atoms with Gasteiger partial charge in [-0.3, -0.25) is 9.89 Å². The Bertz CT molecular complexity index is 874. The largest absolute Gasteiger partial charge is 0.433 e. The Morgan fingerprint density at radius 2 is 1.93 bits per heavy atom. The summed E-state index contributed by atoms with van der Waals surface area (Å²) in [7, 11) is 0. The van der Waals surface area contributed by atoms with Crippen molar-refractivity contribution in [3.63, 3.8) is 0 Å². The van der Waals surface area contributed by atoms with Crippen molar-refractivity contribution in [2.24, 2.45) is 4.99 Å². The summed E-state index contributed by atoms with van der Waals surface area (Å²) >= 11 is 6.10. The second kappa shape index (κ2) is 7.28. The van der Waals surface area contributed by atoms with Gasteiger partial charge in [0.25, 0.3) is 6.43 Å². The Morgan fingerprint density at radius 3 is 2.56 bits per heavy atom. The number of rotatable bonds is 3. The topological polar surface area (TPSA) is 60.8 Å². The molecule has 27 heavy (non-hydrogen) atoms. The third-order valence-corrected chi connectivity index (χ3v) is 3.98. The third-order valence-electron chi connectivity index (χ3n) is 3.66. The van der Waals surface area contributed by atoms with E-state index in [1.165, 1.54) is 12.1 Å². The van der Waals surface area contributed by atoms with Crippen LogP contribution in [0.4, 0.5) is 33.5 Å². The lowest BCUT2D eigenvalue weighted by atomic mass is 10.1. The highest BCUT2D eigenvalue weighted by atomic mass is 35.5. The van der Waals surface area contributed by atoms with Crippen LogP contribution in [0.2, 0.25) is 5.02 Å². The lowest BCUT2D eigenvalue weighted by Gasteiger charge is -2.36. The maximum absolute atomic E-state index is 13.1. The molecule has 1 unspecified atom stereocenters. The molecule has 5 nitrogen and oxygen atoms in total. The number of aromatic nitrogens is 1. The molecule has 144 valence electrons. The average molecular weight is 407 g/mol. The van der Waals surface area contributed by atoms with Gasteiger partial charge in [0.05, 0.1) is 16.3 Å². The molecule has 1 atom stereocenters. The molecule has 0 spiro atoms. The van der Waals surface area contributed by atoms with Crippen molar-refractivity contribution in [2.45, 2.75) is 19.0 Å². The summed E-state index contributed by atoms with van der Waals surface area (Å²) in [5, 5.41) is 13.0. The minimum absolute atomic E-state index is 0.0221. The van der Waals surface area contributed by atoms with Crippen LogP contribution >= 0.6 is 11.6 Å². The number of pyridine rings is 1. The predicted octanol–water partition coefficient (Wildman–Crippen LogP) is 3.78. The van der Waals surface area contributed by atoms with Gasteiger partial charge in [-0.2, -0.15) is 13.2 Å². The van der Waals surface area contributed by atoms with Crippen molar-refractivity contribution in [3.05, 3.63) is 52.7 Å². The first-order valence-corrected chi connectivity index (χ1v) is 7.96. The molecular formula is C16H12ClF5N4O. The lowest BCUT2D eigenvalue weighted by Crippen LogP contribution is -2.51. The first kappa shape index (κ1) is 19.3. The highest BCUT2D eigenvalue weighted by Gasteiger charge is 2.37. The maximum atomic E-state index is 13.1. The average Bonchev–Trinajstić information content (AvgIpc) is 2.59. The second-order valence-corrected chi connectivity index (χ2v) is 5.89. The number of fused-ring (bicyclic) bond motifs is 1. The number of nitrogens with one attached hydrogen (secondary N) is 1. The summed E-state index contributed by atoms with van der Waals surface area (Å²) < 4.78 is 64.3. The van der Waals surface area contributed by atoms with Gasteiger partial charge in [0.2, 0.25) is 6.35 Å². The van der Waals surface area contributed by atoms with E-state index in [0.717, 1.165) is 11.0 Å². The molecule has 0 amide bonds. The molecule has 2 aromatic rings. The number of benzene rings is 1. The van der Waals surface area contributed by atoms with Crippen molar-refractivity contribution in [1.29, 1.82) is 0 Å². The second-order valence-electron chi connectivity index (χ2n) is 5.49. The third kappa shape index (κ3) is 3.96. The first-order chi connectivity index (χ1) is 12.7. The number of halogens is 6. The molecule has 1 aliphatic rings. The summed E-state index contributed by atoms with van der Waals surface area (Å²) in [6.45, 7) is -0.887. The Balaban J connectivity index is 2.19. The number of hydrogen-bond acceptors (Lipinski definition) is 4. The highest BCUT2D eigenvalue weighted by Crippen LogP contribution is 2.38. The van der Waals surface area contributed by atoms with E-state index < -0.39 is 31.2 Å². The molecule has 0 radical (unpaired) electrons. The van der Waals surface area contributed by atoms with Crippen LogP contribution in [0.5, 0.6) is 0 Å². The van der Waals surface area contributed by atoms with E-state index in [1.54, 1.807) is 12.1 Å². The first-order valence-electron chi connectivity index (χ1n) is 7.58. The Hall–Kier alpha value is -2.46. The van der Waals surface area contributed by atoms with Crippen LogP contribution in [0, 0.1) is 0 Å². The van der Waals surface area contributed by atoms with E-state index >= 15 is 0 Å². The van der Waals surface area contributed by atoms with Crippen LogP contribution in [0.3, 0.4) is 0 Å². The zero-order valence-corrected chi connectivity index (χ0v) is 14.1. The van der Waals surface area contributed by atoms with Crippen LogP contribution in [0.1, 0.15) is 11.3 Å². The van der Waals surface area contributed by atoms with Gasteiger partial charge in [-0.1, -0.05) is 23.7 Å². The number of anilines is 2. The minimum Gasteiger partial charge on any atom is -0.356 e. The van der Waals surface area contributed by atoms with Gasteiger partial charge in [0.15, 0.2) is 0 Å². The number of aliphatic imine (C=N–C) groups is 1. The number of alkyl halides is 5. The summed E-state index contributed by atoms with van der Waals surface area (Å²) in [5.74, 6) is -0.500. The van der Waals surface area contributed by atoms with Gasteiger partial charge in [-0.25, -0.2) is 13.8 Å². The SMILES string of the molecule is OC1NC(=NCC(F)F)c2ccc(C(F)(F)F)nc2N1c1ccccc1Cl. The lowest BCUT2D eigenvalue weighted by molar-refractivity contribution is -0.141. The smallest absolute Gasteiger partial charge is 0.356 e. The van der Waals surface area contributed by atoms with Gasteiger partial charge < -0.3 is 10.4 Å². The van der Waals surface area contributed by atoms with E-state index in [4.69, 9.17) is 11.6 Å². The number of para-hydroxylation sites is 1. The normalized spacial score (nSPS) is 18.6. The van der Waals surface area contributed by atoms with Crippen molar-refractivity contribution in [3.8, 4) is 0 Å². The molecule has 0 aliphatic carbocycles. The fourth-order valence-corrected chi connectivity index (χ4v) is 2.77. The van der Waals surface area contributed by atoms with Crippen molar-refractivity contribution in [1.82, 2.24) is 10.3 Å². The number of aliphatic hydroxyl groups excluding tert-OH is 1. The van der Waals surface area contributed by atoms with Gasteiger partial charge in [0.1, 0.15) is 23.9 Å². The molecule has 11 heteroatoms.